The minimum absolute atomic E-state index is 0. The summed E-state index contributed by atoms with van der Waals surface area (Å²) < 4.78 is 12.4. The number of nitrogens with zero attached hydrogens (tertiary/aromatic N) is 2. The van der Waals surface area contributed by atoms with Crippen molar-refractivity contribution < 1.29 is 14.3 Å². The molecule has 2 N–H and O–H groups in total. The highest BCUT2D eigenvalue weighted by molar-refractivity contribution is 5.85. The van der Waals surface area contributed by atoms with Crippen molar-refractivity contribution in [1.82, 2.24) is 20.4 Å². The molecule has 0 spiro atoms. The molecular weight excluding hydrogens is 368 g/mol. The van der Waals surface area contributed by atoms with Crippen LogP contribution in [-0.4, -0.2) is 43.5 Å². The summed E-state index contributed by atoms with van der Waals surface area (Å²) in [6.07, 6.45) is 3.53. The topological polar surface area (TPSA) is 77.4 Å². The van der Waals surface area contributed by atoms with Crippen LogP contribution < -0.4 is 20.1 Å². The third kappa shape index (κ3) is 5.37. The highest BCUT2D eigenvalue weighted by atomic mass is 35.5. The Bertz CT molecular complexity index is 761. The van der Waals surface area contributed by atoms with E-state index in [-0.39, 0.29) is 23.7 Å². The first kappa shape index (κ1) is 22.8. The van der Waals surface area contributed by atoms with Crippen LogP contribution in [0.5, 0.6) is 11.5 Å². The number of aryl methyl sites for hydroxylation is 1. The number of amides is 1. The van der Waals surface area contributed by atoms with Crippen molar-refractivity contribution in [2.45, 2.75) is 25.3 Å². The summed E-state index contributed by atoms with van der Waals surface area (Å²) in [6, 6.07) is 5.38. The second kappa shape index (κ2) is 9.62. The Morgan fingerprint density at radius 3 is 2.44 bits per heavy atom. The van der Waals surface area contributed by atoms with Gasteiger partial charge < -0.3 is 20.1 Å². The molecule has 8 heteroatoms. The van der Waals surface area contributed by atoms with E-state index < -0.39 is 6.04 Å². The minimum Gasteiger partial charge on any atom is -0.493 e. The first-order chi connectivity index (χ1) is 12.3. The highest BCUT2D eigenvalue weighted by Crippen LogP contribution is 2.33. The van der Waals surface area contributed by atoms with E-state index in [0.29, 0.717) is 18.0 Å². The molecule has 0 aliphatic rings. The quantitative estimate of drug-likeness (QED) is 0.715. The average Bonchev–Trinajstić information content (AvgIpc) is 3.06. The SMILES string of the molecule is CNC(C(=O)NCC(C)(C)c1ccc(OC)c(OC)c1)c1cnn(C)c1.Cl. The number of halogens is 1. The van der Waals surface area contributed by atoms with Crippen LogP contribution in [0.1, 0.15) is 31.0 Å². The number of rotatable bonds is 8. The van der Waals surface area contributed by atoms with E-state index in [9.17, 15) is 4.79 Å². The second-order valence-electron chi connectivity index (χ2n) is 6.84. The monoisotopic (exact) mass is 396 g/mol. The van der Waals surface area contributed by atoms with E-state index in [1.807, 2.05) is 31.4 Å². The molecule has 0 saturated carbocycles. The van der Waals surface area contributed by atoms with Gasteiger partial charge in [0.05, 0.1) is 20.4 Å². The first-order valence-corrected chi connectivity index (χ1v) is 8.48. The molecule has 0 fully saturated rings. The van der Waals surface area contributed by atoms with Gasteiger partial charge in [0.25, 0.3) is 0 Å². The van der Waals surface area contributed by atoms with Gasteiger partial charge >= 0.3 is 0 Å². The zero-order valence-electron chi connectivity index (χ0n) is 16.7. The molecule has 2 aromatic rings. The van der Waals surface area contributed by atoms with E-state index in [1.165, 1.54) is 0 Å². The number of nitrogens with one attached hydrogen (secondary N) is 2. The lowest BCUT2D eigenvalue weighted by atomic mass is 9.84. The molecule has 1 atom stereocenters. The van der Waals surface area contributed by atoms with Gasteiger partial charge in [0.2, 0.25) is 5.91 Å². The van der Waals surface area contributed by atoms with Crippen molar-refractivity contribution in [3.8, 4) is 11.5 Å². The van der Waals surface area contributed by atoms with Crippen molar-refractivity contribution in [2.24, 2.45) is 7.05 Å². The van der Waals surface area contributed by atoms with Gasteiger partial charge in [-0.3, -0.25) is 9.48 Å². The third-order valence-electron chi connectivity index (χ3n) is 4.48. The first-order valence-electron chi connectivity index (χ1n) is 8.48. The minimum atomic E-state index is -0.440. The van der Waals surface area contributed by atoms with Gasteiger partial charge in [-0.2, -0.15) is 5.10 Å². The molecule has 0 saturated heterocycles. The van der Waals surface area contributed by atoms with Crippen LogP contribution in [-0.2, 0) is 17.3 Å². The maximum Gasteiger partial charge on any atom is 0.241 e. The predicted octanol–water partition coefficient (Wildman–Crippen LogP) is 2.21. The molecule has 1 heterocycles. The lowest BCUT2D eigenvalue weighted by Gasteiger charge is -2.27. The van der Waals surface area contributed by atoms with Crippen LogP contribution in [0.15, 0.2) is 30.6 Å². The summed E-state index contributed by atoms with van der Waals surface area (Å²) in [5.74, 6) is 1.27. The molecule has 0 aliphatic carbocycles. The van der Waals surface area contributed by atoms with E-state index >= 15 is 0 Å². The fourth-order valence-electron chi connectivity index (χ4n) is 2.81. The molecule has 1 aromatic carbocycles. The second-order valence-corrected chi connectivity index (χ2v) is 6.84. The Morgan fingerprint density at radius 2 is 1.93 bits per heavy atom. The van der Waals surface area contributed by atoms with E-state index in [2.05, 4.69) is 29.6 Å². The van der Waals surface area contributed by atoms with Crippen LogP contribution in [0, 0.1) is 0 Å². The smallest absolute Gasteiger partial charge is 0.241 e. The summed E-state index contributed by atoms with van der Waals surface area (Å²) in [4.78, 5) is 12.6. The molecule has 1 unspecified atom stereocenters. The molecule has 27 heavy (non-hydrogen) atoms. The molecule has 150 valence electrons. The number of aromatic nitrogens is 2. The molecule has 0 radical (unpaired) electrons. The number of carbonyl (C=O) groups is 1. The summed E-state index contributed by atoms with van der Waals surface area (Å²) in [5.41, 5.74) is 1.61. The van der Waals surface area contributed by atoms with Crippen LogP contribution in [0.4, 0.5) is 0 Å². The number of methoxy groups -OCH3 is 2. The van der Waals surface area contributed by atoms with E-state index in [0.717, 1.165) is 11.1 Å². The standard InChI is InChI=1S/C19H28N4O3.ClH/c1-19(2,14-7-8-15(25-5)16(9-14)26-6)12-21-18(24)17(20-3)13-10-22-23(4)11-13;/h7-11,17,20H,12H2,1-6H3,(H,21,24);1H. The summed E-state index contributed by atoms with van der Waals surface area (Å²) in [6.45, 7) is 4.64. The fourth-order valence-corrected chi connectivity index (χ4v) is 2.81. The average molecular weight is 397 g/mol. The van der Waals surface area contributed by atoms with Gasteiger partial charge in [-0.25, -0.2) is 0 Å². The fraction of sp³-hybridized carbons (Fsp3) is 0.474. The normalized spacial score (nSPS) is 12.1. The Labute approximate surface area is 166 Å². The van der Waals surface area contributed by atoms with Crippen LogP contribution in [0.25, 0.3) is 0 Å². The maximum absolute atomic E-state index is 12.6. The van der Waals surface area contributed by atoms with Gasteiger partial charge in [0.15, 0.2) is 11.5 Å². The number of hydrogen-bond acceptors (Lipinski definition) is 5. The lowest BCUT2D eigenvalue weighted by Crippen LogP contribution is -2.42. The van der Waals surface area contributed by atoms with E-state index in [1.54, 1.807) is 32.1 Å². The third-order valence-corrected chi connectivity index (χ3v) is 4.48. The van der Waals surface area contributed by atoms with Gasteiger partial charge in [0.1, 0.15) is 6.04 Å². The van der Waals surface area contributed by atoms with Crippen LogP contribution in [0.3, 0.4) is 0 Å². The van der Waals surface area contributed by atoms with Crippen molar-refractivity contribution in [3.05, 3.63) is 41.7 Å². The number of benzene rings is 1. The Balaban J connectivity index is 0.00000364. The van der Waals surface area contributed by atoms with Crippen molar-refractivity contribution in [1.29, 1.82) is 0 Å². The zero-order valence-corrected chi connectivity index (χ0v) is 17.5. The Kier molecular flexibility index (Phi) is 8.12. The van der Waals surface area contributed by atoms with Crippen LogP contribution in [0.2, 0.25) is 0 Å². The largest absolute Gasteiger partial charge is 0.493 e. The molecule has 0 aliphatic heterocycles. The van der Waals surface area contributed by atoms with E-state index in [4.69, 9.17) is 9.47 Å². The number of carbonyl (C=O) groups excluding carboxylic acids is 1. The van der Waals surface area contributed by atoms with Crippen molar-refractivity contribution in [3.63, 3.8) is 0 Å². The van der Waals surface area contributed by atoms with Gasteiger partial charge in [-0.15, -0.1) is 12.4 Å². The summed E-state index contributed by atoms with van der Waals surface area (Å²) >= 11 is 0. The number of hydrogen-bond donors (Lipinski definition) is 2. The number of ether oxygens (including phenoxy) is 2. The molecule has 7 nitrogen and oxygen atoms in total. The molecule has 1 aromatic heterocycles. The zero-order chi connectivity index (χ0) is 19.3. The lowest BCUT2D eigenvalue weighted by molar-refractivity contribution is -0.123. The van der Waals surface area contributed by atoms with Gasteiger partial charge in [-0.05, 0) is 24.7 Å². The Morgan fingerprint density at radius 1 is 1.26 bits per heavy atom. The number of likely N-dealkylation sites (N-methyl/N-ethyl adjacent to an activating group) is 1. The van der Waals surface area contributed by atoms with Gasteiger partial charge in [-0.1, -0.05) is 19.9 Å². The molecule has 1 amide bonds. The highest BCUT2D eigenvalue weighted by Gasteiger charge is 2.26. The summed E-state index contributed by atoms with van der Waals surface area (Å²) in [5, 5.41) is 10.2. The van der Waals surface area contributed by atoms with Crippen molar-refractivity contribution >= 4 is 18.3 Å². The van der Waals surface area contributed by atoms with Crippen LogP contribution >= 0.6 is 12.4 Å². The summed E-state index contributed by atoms with van der Waals surface area (Å²) in [7, 11) is 6.81. The molecule has 2 rings (SSSR count). The van der Waals surface area contributed by atoms with Gasteiger partial charge in [0, 0.05) is 30.8 Å². The molecule has 0 bridgehead atoms. The maximum atomic E-state index is 12.6. The predicted molar refractivity (Wildman–Crippen MR) is 108 cm³/mol. The molecular formula is C19H29ClN4O3. The Hall–Kier alpha value is -2.25. The van der Waals surface area contributed by atoms with Crippen molar-refractivity contribution in [2.75, 3.05) is 27.8 Å².